The van der Waals surface area contributed by atoms with Crippen LogP contribution in [0.3, 0.4) is 0 Å². The van der Waals surface area contributed by atoms with Gasteiger partial charge < -0.3 is 24.0 Å². The molecule has 1 amide bonds. The van der Waals surface area contributed by atoms with E-state index in [4.69, 9.17) is 14.2 Å². The monoisotopic (exact) mass is 405 g/mol. The molecular weight excluding hydrogens is 386 g/mol. The molecule has 1 fully saturated rings. The Balaban J connectivity index is 1.24. The van der Waals surface area contributed by atoms with Crippen LogP contribution in [0.15, 0.2) is 30.5 Å². The van der Waals surface area contributed by atoms with Gasteiger partial charge in [0.25, 0.3) is 5.91 Å². The molecule has 5 rings (SSSR count). The Labute approximate surface area is 173 Å². The number of piperazine rings is 1. The van der Waals surface area contributed by atoms with Gasteiger partial charge in [0.1, 0.15) is 31.2 Å². The predicted molar refractivity (Wildman–Crippen MR) is 106 cm³/mol. The van der Waals surface area contributed by atoms with E-state index in [0.717, 1.165) is 5.56 Å². The average molecular weight is 405 g/mol. The fraction of sp³-hybridized carbons (Fsp3) is 0.318. The summed E-state index contributed by atoms with van der Waals surface area (Å²) in [5.41, 5.74) is 2.10. The number of anilines is 1. The number of hydrogen-bond acceptors (Lipinski definition) is 7. The number of rotatable bonds is 1. The Bertz CT molecular complexity index is 1080. The molecule has 0 radical (unpaired) electrons. The van der Waals surface area contributed by atoms with Crippen LogP contribution in [0.2, 0.25) is 0 Å². The normalized spacial score (nSPS) is 17.0. The molecule has 0 bridgehead atoms. The lowest BCUT2D eigenvalue weighted by atomic mass is 10.1. The van der Waals surface area contributed by atoms with E-state index >= 15 is 0 Å². The number of nitrogens with zero attached hydrogens (tertiary/aromatic N) is 3. The van der Waals surface area contributed by atoms with Gasteiger partial charge in [-0.05, 0) is 24.3 Å². The topological polar surface area (TPSA) is 81.2 Å². The lowest BCUT2D eigenvalue weighted by Crippen LogP contribution is -2.49. The molecule has 0 atom stereocenters. The second kappa shape index (κ2) is 7.59. The molecular formula is C22H19N3O5. The fourth-order valence-corrected chi connectivity index (χ4v) is 3.73. The molecule has 3 aliphatic rings. The number of cyclic esters (lactones) is 1. The number of benzene rings is 1. The predicted octanol–water partition coefficient (Wildman–Crippen LogP) is 1.22. The lowest BCUT2D eigenvalue weighted by molar-refractivity contribution is -0.125. The maximum absolute atomic E-state index is 12.5. The average Bonchev–Trinajstić information content (AvgIpc) is 3.18. The summed E-state index contributed by atoms with van der Waals surface area (Å²) in [6.45, 7) is 3.50. The number of carbonyl (C=O) groups excluding carboxylic acids is 2. The Kier molecular flexibility index (Phi) is 4.64. The van der Waals surface area contributed by atoms with Gasteiger partial charge in [-0.25, -0.2) is 9.78 Å². The van der Waals surface area contributed by atoms with Crippen LogP contribution in [0.1, 0.15) is 21.5 Å². The third kappa shape index (κ3) is 3.39. The second-order valence-electron chi connectivity index (χ2n) is 7.13. The smallest absolute Gasteiger partial charge is 0.342 e. The summed E-state index contributed by atoms with van der Waals surface area (Å²) in [5.74, 6) is 7.03. The molecule has 8 heteroatoms. The van der Waals surface area contributed by atoms with Gasteiger partial charge in [0, 0.05) is 49.4 Å². The minimum atomic E-state index is -0.336. The van der Waals surface area contributed by atoms with E-state index in [2.05, 4.69) is 16.8 Å². The molecule has 1 aromatic carbocycles. The number of amides is 1. The highest BCUT2D eigenvalue weighted by Gasteiger charge is 2.30. The summed E-state index contributed by atoms with van der Waals surface area (Å²) >= 11 is 0. The molecule has 4 heterocycles. The van der Waals surface area contributed by atoms with Crippen LogP contribution < -0.4 is 14.4 Å². The van der Waals surface area contributed by atoms with Crippen LogP contribution in [-0.2, 0) is 16.1 Å². The maximum atomic E-state index is 12.5. The van der Waals surface area contributed by atoms with Gasteiger partial charge in [-0.2, -0.15) is 0 Å². The first kappa shape index (κ1) is 18.3. The zero-order chi connectivity index (χ0) is 20.5. The number of aromatic nitrogens is 1. The lowest BCUT2D eigenvalue weighted by Gasteiger charge is -2.34. The van der Waals surface area contributed by atoms with Crippen molar-refractivity contribution in [3.63, 3.8) is 0 Å². The standard InChI is InChI=1S/C22H19N3O5/c26-19(4-2-15-1-3-17-18(13-15)29-12-11-28-17)24-7-9-25(10-8-24)21-20-16(5-6-23-21)14-30-22(20)27/h1,3,5-6,13H,7-12,14H2. The maximum Gasteiger partial charge on any atom is 0.342 e. The minimum absolute atomic E-state index is 0.227. The molecule has 8 nitrogen and oxygen atoms in total. The van der Waals surface area contributed by atoms with Gasteiger partial charge in [0.2, 0.25) is 0 Å². The first-order valence-corrected chi connectivity index (χ1v) is 9.79. The fourth-order valence-electron chi connectivity index (χ4n) is 3.73. The minimum Gasteiger partial charge on any atom is -0.486 e. The molecule has 152 valence electrons. The number of fused-ring (bicyclic) bond motifs is 2. The molecule has 0 saturated carbocycles. The Morgan fingerprint density at radius 1 is 1.00 bits per heavy atom. The highest BCUT2D eigenvalue weighted by Crippen LogP contribution is 2.30. The summed E-state index contributed by atoms with van der Waals surface area (Å²) in [7, 11) is 0. The van der Waals surface area contributed by atoms with Gasteiger partial charge in [0.15, 0.2) is 11.5 Å². The summed E-state index contributed by atoms with van der Waals surface area (Å²) in [6, 6.07) is 7.20. The first-order valence-electron chi connectivity index (χ1n) is 9.79. The molecule has 30 heavy (non-hydrogen) atoms. The van der Waals surface area contributed by atoms with Crippen molar-refractivity contribution in [1.29, 1.82) is 0 Å². The summed E-state index contributed by atoms with van der Waals surface area (Å²) in [4.78, 5) is 32.7. The van der Waals surface area contributed by atoms with Crippen molar-refractivity contribution in [2.75, 3.05) is 44.3 Å². The zero-order valence-electron chi connectivity index (χ0n) is 16.2. The van der Waals surface area contributed by atoms with E-state index in [1.807, 2.05) is 11.0 Å². The number of pyridine rings is 1. The van der Waals surface area contributed by atoms with Crippen LogP contribution >= 0.6 is 0 Å². The largest absolute Gasteiger partial charge is 0.486 e. The highest BCUT2D eigenvalue weighted by atomic mass is 16.6. The van der Waals surface area contributed by atoms with Gasteiger partial charge in [0.05, 0.1) is 0 Å². The highest BCUT2D eigenvalue weighted by molar-refractivity contribution is 5.98. The molecule has 3 aliphatic heterocycles. The molecule has 1 aromatic heterocycles. The van der Waals surface area contributed by atoms with Crippen LogP contribution in [0.5, 0.6) is 11.5 Å². The second-order valence-corrected chi connectivity index (χ2v) is 7.13. The first-order chi connectivity index (χ1) is 14.7. The van der Waals surface area contributed by atoms with Crippen molar-refractivity contribution >= 4 is 17.7 Å². The number of hydrogen-bond donors (Lipinski definition) is 0. The van der Waals surface area contributed by atoms with Crippen LogP contribution in [0.25, 0.3) is 0 Å². The number of carbonyl (C=O) groups is 2. The molecule has 0 N–H and O–H groups in total. The Hall–Kier alpha value is -3.73. The Morgan fingerprint density at radius 2 is 1.80 bits per heavy atom. The van der Waals surface area contributed by atoms with Crippen molar-refractivity contribution in [2.45, 2.75) is 6.61 Å². The molecule has 0 unspecified atom stereocenters. The van der Waals surface area contributed by atoms with Crippen molar-refractivity contribution < 1.29 is 23.8 Å². The third-order valence-electron chi connectivity index (χ3n) is 5.30. The van der Waals surface area contributed by atoms with Crippen molar-refractivity contribution in [1.82, 2.24) is 9.88 Å². The zero-order valence-corrected chi connectivity index (χ0v) is 16.2. The van der Waals surface area contributed by atoms with Crippen molar-refractivity contribution in [2.24, 2.45) is 0 Å². The summed E-state index contributed by atoms with van der Waals surface area (Å²) < 4.78 is 16.2. The van der Waals surface area contributed by atoms with Gasteiger partial charge in [-0.1, -0.05) is 5.92 Å². The SMILES string of the molecule is O=C1OCc2ccnc(N3CCN(C(=O)C#Cc4ccc5c(c4)OCCO5)CC3)c21. The number of ether oxygens (including phenoxy) is 3. The van der Waals surface area contributed by atoms with Crippen molar-refractivity contribution in [3.8, 4) is 23.3 Å². The van der Waals surface area contributed by atoms with Gasteiger partial charge in [-0.15, -0.1) is 0 Å². The summed E-state index contributed by atoms with van der Waals surface area (Å²) in [5, 5.41) is 0. The van der Waals surface area contributed by atoms with Gasteiger partial charge in [-0.3, -0.25) is 4.79 Å². The van der Waals surface area contributed by atoms with E-state index in [9.17, 15) is 9.59 Å². The van der Waals surface area contributed by atoms with Crippen LogP contribution in [-0.4, -0.2) is 61.2 Å². The van der Waals surface area contributed by atoms with E-state index in [1.165, 1.54) is 0 Å². The molecule has 0 spiro atoms. The van der Waals surface area contributed by atoms with E-state index in [1.54, 1.807) is 29.3 Å². The van der Waals surface area contributed by atoms with E-state index in [-0.39, 0.29) is 18.5 Å². The van der Waals surface area contributed by atoms with E-state index in [0.29, 0.717) is 67.8 Å². The summed E-state index contributed by atoms with van der Waals surface area (Å²) in [6.07, 6.45) is 1.69. The quantitative estimate of drug-likeness (QED) is 0.521. The Morgan fingerprint density at radius 3 is 2.63 bits per heavy atom. The molecule has 0 aliphatic carbocycles. The third-order valence-corrected chi connectivity index (χ3v) is 5.30. The van der Waals surface area contributed by atoms with Crippen LogP contribution in [0.4, 0.5) is 5.82 Å². The number of esters is 1. The van der Waals surface area contributed by atoms with E-state index < -0.39 is 0 Å². The van der Waals surface area contributed by atoms with Crippen molar-refractivity contribution in [3.05, 3.63) is 47.2 Å². The molecule has 2 aromatic rings. The molecule has 1 saturated heterocycles. The van der Waals surface area contributed by atoms with Crippen LogP contribution in [0, 0.1) is 11.8 Å². The van der Waals surface area contributed by atoms with Gasteiger partial charge >= 0.3 is 5.97 Å².